The number of nitrogens with zero attached hydrogens (tertiary/aromatic N) is 4. The molecular weight excluding hydrogens is 434 g/mol. The molecule has 4 rings (SSSR count). The van der Waals surface area contributed by atoms with Crippen LogP contribution in [-0.4, -0.2) is 57.8 Å². The number of pyridine rings is 1. The predicted molar refractivity (Wildman–Crippen MR) is 130 cm³/mol. The molecule has 9 heteroatoms. The van der Waals surface area contributed by atoms with Gasteiger partial charge >= 0.3 is 0 Å². The molecular formula is C25H31N5O4. The van der Waals surface area contributed by atoms with Crippen molar-refractivity contribution in [3.63, 3.8) is 0 Å². The highest BCUT2D eigenvalue weighted by Crippen LogP contribution is 2.32. The second-order valence-electron chi connectivity index (χ2n) is 8.90. The number of likely N-dealkylation sites (N-methyl/N-ethyl adjacent to an activating group) is 1. The number of hydrogen-bond acceptors (Lipinski definition) is 6. The Balaban J connectivity index is 1.57. The number of ether oxygens (including phenoxy) is 2. The van der Waals surface area contributed by atoms with E-state index in [1.165, 1.54) is 4.90 Å². The summed E-state index contributed by atoms with van der Waals surface area (Å²) >= 11 is 0. The molecule has 0 bridgehead atoms. The van der Waals surface area contributed by atoms with Gasteiger partial charge in [0.2, 0.25) is 5.91 Å². The monoisotopic (exact) mass is 465 g/mol. The van der Waals surface area contributed by atoms with Crippen molar-refractivity contribution in [2.24, 2.45) is 0 Å². The van der Waals surface area contributed by atoms with Crippen molar-refractivity contribution < 1.29 is 19.1 Å². The fraction of sp³-hybridized carbons (Fsp3) is 0.440. The number of hydrogen-bond donors (Lipinski definition) is 1. The average molecular weight is 466 g/mol. The minimum absolute atomic E-state index is 0.0804. The molecule has 1 aromatic carbocycles. The Morgan fingerprint density at radius 3 is 2.53 bits per heavy atom. The van der Waals surface area contributed by atoms with Crippen LogP contribution in [0.2, 0.25) is 0 Å². The maximum absolute atomic E-state index is 13.6. The molecule has 0 aliphatic carbocycles. The highest BCUT2D eigenvalue weighted by molar-refractivity contribution is 6.07. The lowest BCUT2D eigenvalue weighted by atomic mass is 10.0. The Morgan fingerprint density at radius 2 is 1.85 bits per heavy atom. The molecule has 2 aromatic heterocycles. The summed E-state index contributed by atoms with van der Waals surface area (Å²) < 4.78 is 12.9. The predicted octanol–water partition coefficient (Wildman–Crippen LogP) is 4.01. The number of nitrogens with one attached hydrogen (secondary N) is 1. The summed E-state index contributed by atoms with van der Waals surface area (Å²) in [6, 6.07) is 7.18. The first-order valence-electron chi connectivity index (χ1n) is 11.6. The zero-order valence-electron chi connectivity index (χ0n) is 20.3. The quantitative estimate of drug-likeness (QED) is 0.566. The maximum Gasteiger partial charge on any atom is 0.255 e. The largest absolute Gasteiger partial charge is 0.486 e. The maximum atomic E-state index is 13.6. The summed E-state index contributed by atoms with van der Waals surface area (Å²) in [6.07, 6.45) is 1.68. The van der Waals surface area contributed by atoms with E-state index in [4.69, 9.17) is 14.5 Å². The fourth-order valence-corrected chi connectivity index (χ4v) is 3.88. The van der Waals surface area contributed by atoms with Crippen LogP contribution in [0, 0.1) is 0 Å². The number of rotatable bonds is 7. The Kier molecular flexibility index (Phi) is 6.72. The van der Waals surface area contributed by atoms with Crippen molar-refractivity contribution in [2.75, 3.05) is 31.6 Å². The molecule has 1 aliphatic rings. The van der Waals surface area contributed by atoms with Crippen molar-refractivity contribution in [2.45, 2.75) is 46.6 Å². The molecule has 3 heterocycles. The molecule has 2 amide bonds. The van der Waals surface area contributed by atoms with E-state index in [9.17, 15) is 9.59 Å². The smallest absolute Gasteiger partial charge is 0.255 e. The van der Waals surface area contributed by atoms with Crippen molar-refractivity contribution in [3.8, 4) is 11.5 Å². The molecule has 0 saturated heterocycles. The van der Waals surface area contributed by atoms with Crippen LogP contribution in [0.15, 0.2) is 30.5 Å². The van der Waals surface area contributed by atoms with Crippen LogP contribution in [0.5, 0.6) is 11.5 Å². The normalized spacial score (nSPS) is 12.9. The summed E-state index contributed by atoms with van der Waals surface area (Å²) in [5.41, 5.74) is 2.59. The van der Waals surface area contributed by atoms with E-state index in [0.29, 0.717) is 53.5 Å². The number of fused-ring (bicyclic) bond motifs is 2. The van der Waals surface area contributed by atoms with Crippen molar-refractivity contribution in [1.82, 2.24) is 19.7 Å². The average Bonchev–Trinajstić information content (AvgIpc) is 3.26. The van der Waals surface area contributed by atoms with Gasteiger partial charge in [-0.05, 0) is 44.9 Å². The fourth-order valence-electron chi connectivity index (χ4n) is 3.88. The molecule has 3 aromatic rings. The van der Waals surface area contributed by atoms with Crippen LogP contribution in [0.25, 0.3) is 11.0 Å². The Hall–Kier alpha value is -3.62. The van der Waals surface area contributed by atoms with Crippen molar-refractivity contribution in [3.05, 3.63) is 41.7 Å². The topological polar surface area (TPSA) is 98.6 Å². The summed E-state index contributed by atoms with van der Waals surface area (Å²) in [7, 11) is 0. The zero-order chi connectivity index (χ0) is 24.4. The van der Waals surface area contributed by atoms with Gasteiger partial charge in [-0.1, -0.05) is 13.8 Å². The summed E-state index contributed by atoms with van der Waals surface area (Å²) in [5, 5.41) is 8.00. The van der Waals surface area contributed by atoms with E-state index >= 15 is 0 Å². The third-order valence-electron chi connectivity index (χ3n) is 5.73. The van der Waals surface area contributed by atoms with Gasteiger partial charge in [0.15, 0.2) is 17.1 Å². The van der Waals surface area contributed by atoms with Crippen LogP contribution in [0.1, 0.15) is 62.6 Å². The van der Waals surface area contributed by atoms with Crippen LogP contribution >= 0.6 is 0 Å². The first-order chi connectivity index (χ1) is 16.3. The molecule has 0 spiro atoms. The summed E-state index contributed by atoms with van der Waals surface area (Å²) in [6.45, 7) is 11.3. The van der Waals surface area contributed by atoms with Gasteiger partial charge in [0, 0.05) is 30.0 Å². The van der Waals surface area contributed by atoms with Gasteiger partial charge in [-0.25, -0.2) is 9.67 Å². The number of anilines is 1. The number of carbonyl (C=O) groups excluding carboxylic acids is 2. The Bertz CT molecular complexity index is 1220. The van der Waals surface area contributed by atoms with Crippen molar-refractivity contribution in [1.29, 1.82) is 0 Å². The Morgan fingerprint density at radius 1 is 1.12 bits per heavy atom. The minimum atomic E-state index is -0.292. The molecule has 1 aliphatic heterocycles. The standard InChI is InChI=1S/C25H31N5O4/c1-6-29(14-23(31)27-17-7-8-21-22(11-17)34-10-9-33-21)25(32)18-12-20(15(2)3)28-24-19(18)13-26-30(24)16(4)5/h7-8,11-13,15-16H,6,9-10,14H2,1-5H3,(H,27,31). The first kappa shape index (κ1) is 23.5. The Labute approximate surface area is 199 Å². The lowest BCUT2D eigenvalue weighted by Gasteiger charge is -2.22. The van der Waals surface area contributed by atoms with Crippen molar-refractivity contribution >= 4 is 28.5 Å². The van der Waals surface area contributed by atoms with Gasteiger partial charge in [0.1, 0.15) is 19.8 Å². The highest BCUT2D eigenvalue weighted by Gasteiger charge is 2.24. The second kappa shape index (κ2) is 9.70. The van der Waals surface area contributed by atoms with E-state index in [2.05, 4.69) is 10.4 Å². The van der Waals surface area contributed by atoms with Crippen LogP contribution in [-0.2, 0) is 4.79 Å². The molecule has 0 atom stereocenters. The van der Waals surface area contributed by atoms with E-state index in [1.54, 1.807) is 24.4 Å². The second-order valence-corrected chi connectivity index (χ2v) is 8.90. The number of carbonyl (C=O) groups is 2. The van der Waals surface area contributed by atoms with Gasteiger partial charge in [0.25, 0.3) is 5.91 Å². The number of benzene rings is 1. The number of amides is 2. The lowest BCUT2D eigenvalue weighted by molar-refractivity contribution is -0.116. The third-order valence-corrected chi connectivity index (χ3v) is 5.73. The molecule has 1 N–H and O–H groups in total. The van der Waals surface area contributed by atoms with Gasteiger partial charge in [-0.15, -0.1) is 0 Å². The van der Waals surface area contributed by atoms with Gasteiger partial charge in [-0.3, -0.25) is 9.59 Å². The van der Waals surface area contributed by atoms with E-state index < -0.39 is 0 Å². The lowest BCUT2D eigenvalue weighted by Crippen LogP contribution is -2.38. The van der Waals surface area contributed by atoms with E-state index in [1.807, 2.05) is 45.4 Å². The molecule has 0 unspecified atom stereocenters. The van der Waals surface area contributed by atoms with Gasteiger partial charge in [0.05, 0.1) is 17.1 Å². The zero-order valence-corrected chi connectivity index (χ0v) is 20.3. The van der Waals surface area contributed by atoms with E-state index in [-0.39, 0.29) is 30.3 Å². The summed E-state index contributed by atoms with van der Waals surface area (Å²) in [5.74, 6) is 0.867. The van der Waals surface area contributed by atoms with Crippen LogP contribution < -0.4 is 14.8 Å². The first-order valence-corrected chi connectivity index (χ1v) is 11.6. The third kappa shape index (κ3) is 4.69. The minimum Gasteiger partial charge on any atom is -0.486 e. The molecule has 0 fully saturated rings. The molecule has 0 saturated carbocycles. The highest BCUT2D eigenvalue weighted by atomic mass is 16.6. The van der Waals surface area contributed by atoms with Crippen LogP contribution in [0.4, 0.5) is 5.69 Å². The van der Waals surface area contributed by atoms with Crippen LogP contribution in [0.3, 0.4) is 0 Å². The summed E-state index contributed by atoms with van der Waals surface area (Å²) in [4.78, 5) is 32.7. The van der Waals surface area contributed by atoms with Gasteiger partial charge in [-0.2, -0.15) is 5.10 Å². The molecule has 180 valence electrons. The number of aromatic nitrogens is 3. The molecule has 34 heavy (non-hydrogen) atoms. The molecule has 9 nitrogen and oxygen atoms in total. The SMILES string of the molecule is CCN(CC(=O)Nc1ccc2c(c1)OCCO2)C(=O)c1cc(C(C)C)nc2c1cnn2C(C)C. The van der Waals surface area contributed by atoms with E-state index in [0.717, 1.165) is 5.69 Å². The molecule has 0 radical (unpaired) electrons. The van der Waals surface area contributed by atoms with Gasteiger partial charge < -0.3 is 19.7 Å².